The van der Waals surface area contributed by atoms with E-state index < -0.39 is 23.9 Å². The molecule has 3 saturated heterocycles. The van der Waals surface area contributed by atoms with Gasteiger partial charge in [-0.05, 0) is 36.6 Å². The van der Waals surface area contributed by atoms with Crippen LogP contribution in [-0.4, -0.2) is 89.7 Å². The predicted octanol–water partition coefficient (Wildman–Crippen LogP) is 0.562. The lowest BCUT2D eigenvalue weighted by Crippen LogP contribution is -2.61. The first-order chi connectivity index (χ1) is 15.8. The lowest BCUT2D eigenvalue weighted by atomic mass is 9.99. The number of nitrogens with one attached hydrogen (secondary N) is 2. The normalized spacial score (nSPS) is 28.7. The third kappa shape index (κ3) is 4.39. The Labute approximate surface area is 191 Å². The third-order valence-corrected chi connectivity index (χ3v) is 7.28. The quantitative estimate of drug-likeness (QED) is 0.638. The van der Waals surface area contributed by atoms with Crippen molar-refractivity contribution in [2.24, 2.45) is 0 Å². The second kappa shape index (κ2) is 8.73. The summed E-state index contributed by atoms with van der Waals surface area (Å²) in [5.41, 5.74) is 2.55. The van der Waals surface area contributed by atoms with Crippen molar-refractivity contribution in [1.82, 2.24) is 25.3 Å². The summed E-state index contributed by atoms with van der Waals surface area (Å²) in [5.74, 6) is -3.58. The highest BCUT2D eigenvalue weighted by Crippen LogP contribution is 2.30. The number of benzene rings is 1. The Bertz CT molecular complexity index is 963. The number of imide groups is 1. The van der Waals surface area contributed by atoms with Gasteiger partial charge in [-0.3, -0.25) is 29.5 Å². The Balaban J connectivity index is 1.19. The number of amides is 3. The predicted molar refractivity (Wildman–Crippen MR) is 116 cm³/mol. The van der Waals surface area contributed by atoms with Crippen molar-refractivity contribution in [2.75, 3.05) is 39.3 Å². The monoisotopic (exact) mass is 461 g/mol. The van der Waals surface area contributed by atoms with E-state index in [1.54, 1.807) is 4.90 Å². The summed E-state index contributed by atoms with van der Waals surface area (Å²) in [6.45, 7) is 4.10. The number of carbonyl (C=O) groups is 3. The minimum Gasteiger partial charge on any atom is -0.322 e. The molecule has 5 rings (SSSR count). The zero-order valence-corrected chi connectivity index (χ0v) is 18.5. The lowest BCUT2D eigenvalue weighted by Gasteiger charge is -2.44. The summed E-state index contributed by atoms with van der Waals surface area (Å²) in [5, 5.41) is 5.10. The summed E-state index contributed by atoms with van der Waals surface area (Å²) in [4.78, 5) is 42.2. The van der Waals surface area contributed by atoms with Crippen molar-refractivity contribution in [3.05, 3.63) is 34.9 Å². The molecule has 2 unspecified atom stereocenters. The van der Waals surface area contributed by atoms with E-state index in [0.29, 0.717) is 51.1 Å². The number of halogens is 2. The highest BCUT2D eigenvalue weighted by molar-refractivity contribution is 6.05. The van der Waals surface area contributed by atoms with E-state index >= 15 is 0 Å². The van der Waals surface area contributed by atoms with Crippen LogP contribution in [0.1, 0.15) is 40.7 Å². The van der Waals surface area contributed by atoms with Crippen LogP contribution in [0.3, 0.4) is 0 Å². The molecule has 2 atom stereocenters. The molecule has 0 spiro atoms. The van der Waals surface area contributed by atoms with Gasteiger partial charge in [0.05, 0.1) is 12.6 Å². The Morgan fingerprint density at radius 2 is 1.85 bits per heavy atom. The maximum atomic E-state index is 14.3. The maximum Gasteiger partial charge on any atom is 0.275 e. The molecule has 4 aliphatic rings. The molecule has 178 valence electrons. The van der Waals surface area contributed by atoms with Crippen molar-refractivity contribution in [2.45, 2.75) is 50.4 Å². The smallest absolute Gasteiger partial charge is 0.275 e. The summed E-state index contributed by atoms with van der Waals surface area (Å²) in [6, 6.07) is 4.44. The molecule has 0 bridgehead atoms. The van der Waals surface area contributed by atoms with Crippen LogP contribution in [0.5, 0.6) is 0 Å². The second-order valence-electron chi connectivity index (χ2n) is 9.45. The number of hydrogen-bond acceptors (Lipinski definition) is 6. The Morgan fingerprint density at radius 3 is 2.58 bits per heavy atom. The molecule has 0 radical (unpaired) electrons. The summed E-state index contributed by atoms with van der Waals surface area (Å²) >= 11 is 0. The molecule has 2 N–H and O–H groups in total. The molecule has 1 aromatic carbocycles. The minimum absolute atomic E-state index is 0.178. The first kappa shape index (κ1) is 22.4. The summed E-state index contributed by atoms with van der Waals surface area (Å²) in [6.07, 6.45) is 1.05. The SMILES string of the molecule is O=C1CCC(N2Cc3cc(CN4CCN(C5CCNCC5(F)F)CC4)ccc3C2=O)C(=O)N1. The largest absolute Gasteiger partial charge is 0.322 e. The first-order valence-corrected chi connectivity index (χ1v) is 11.6. The minimum atomic E-state index is -2.69. The summed E-state index contributed by atoms with van der Waals surface area (Å²) in [7, 11) is 0. The van der Waals surface area contributed by atoms with E-state index in [0.717, 1.165) is 24.2 Å². The van der Waals surface area contributed by atoms with E-state index in [9.17, 15) is 23.2 Å². The molecule has 4 aliphatic heterocycles. The molecular weight excluding hydrogens is 432 g/mol. The fraction of sp³-hybridized carbons (Fsp3) is 0.609. The molecule has 1 aromatic rings. The molecule has 3 fully saturated rings. The zero-order chi connectivity index (χ0) is 23.2. The van der Waals surface area contributed by atoms with E-state index in [1.807, 2.05) is 23.1 Å². The number of piperazine rings is 1. The topological polar surface area (TPSA) is 85.0 Å². The van der Waals surface area contributed by atoms with Gasteiger partial charge in [0.2, 0.25) is 11.8 Å². The van der Waals surface area contributed by atoms with Crippen LogP contribution in [0.2, 0.25) is 0 Å². The van der Waals surface area contributed by atoms with E-state index in [2.05, 4.69) is 15.5 Å². The van der Waals surface area contributed by atoms with Gasteiger partial charge in [-0.2, -0.15) is 0 Å². The number of alkyl halides is 2. The van der Waals surface area contributed by atoms with Crippen LogP contribution in [0.15, 0.2) is 18.2 Å². The molecule has 0 aromatic heterocycles. The molecule has 4 heterocycles. The highest BCUT2D eigenvalue weighted by atomic mass is 19.3. The summed E-state index contributed by atoms with van der Waals surface area (Å²) < 4.78 is 28.5. The van der Waals surface area contributed by atoms with Crippen LogP contribution >= 0.6 is 0 Å². The Hall–Kier alpha value is -2.43. The van der Waals surface area contributed by atoms with Gasteiger partial charge in [-0.15, -0.1) is 0 Å². The number of piperidine rings is 2. The number of fused-ring (bicyclic) bond motifs is 1. The van der Waals surface area contributed by atoms with Crippen LogP contribution in [-0.2, 0) is 22.7 Å². The van der Waals surface area contributed by atoms with E-state index in [-0.39, 0.29) is 24.8 Å². The van der Waals surface area contributed by atoms with Gasteiger partial charge in [0.25, 0.3) is 11.8 Å². The van der Waals surface area contributed by atoms with Crippen molar-refractivity contribution >= 4 is 17.7 Å². The standard InChI is InChI=1S/C23H29F2N5O3/c24-23(25)14-26-6-5-19(23)29-9-7-28(8-10-29)12-15-1-2-17-16(11-15)13-30(22(17)33)18-3-4-20(31)27-21(18)32/h1-2,11,18-19,26H,3-10,12-14H2,(H,27,31,32). The van der Waals surface area contributed by atoms with Crippen LogP contribution < -0.4 is 10.6 Å². The zero-order valence-electron chi connectivity index (χ0n) is 18.5. The number of nitrogens with zero attached hydrogens (tertiary/aromatic N) is 3. The molecule has 33 heavy (non-hydrogen) atoms. The highest BCUT2D eigenvalue weighted by Gasteiger charge is 2.45. The molecule has 10 heteroatoms. The lowest BCUT2D eigenvalue weighted by molar-refractivity contribution is -0.136. The van der Waals surface area contributed by atoms with Gasteiger partial charge in [0, 0.05) is 51.3 Å². The van der Waals surface area contributed by atoms with Crippen LogP contribution in [0.4, 0.5) is 8.78 Å². The molecule has 3 amide bonds. The van der Waals surface area contributed by atoms with Crippen LogP contribution in [0.25, 0.3) is 0 Å². The van der Waals surface area contributed by atoms with Crippen molar-refractivity contribution in [3.8, 4) is 0 Å². The molecule has 0 saturated carbocycles. The van der Waals surface area contributed by atoms with Crippen molar-refractivity contribution in [3.63, 3.8) is 0 Å². The Morgan fingerprint density at radius 1 is 1.06 bits per heavy atom. The van der Waals surface area contributed by atoms with Crippen LogP contribution in [0, 0.1) is 0 Å². The maximum absolute atomic E-state index is 14.3. The third-order valence-electron chi connectivity index (χ3n) is 7.28. The van der Waals surface area contributed by atoms with Gasteiger partial charge in [-0.1, -0.05) is 12.1 Å². The first-order valence-electron chi connectivity index (χ1n) is 11.6. The fourth-order valence-electron chi connectivity index (χ4n) is 5.49. The van der Waals surface area contributed by atoms with E-state index in [4.69, 9.17) is 0 Å². The fourth-order valence-corrected chi connectivity index (χ4v) is 5.49. The molecule has 0 aliphatic carbocycles. The van der Waals surface area contributed by atoms with Gasteiger partial charge in [-0.25, -0.2) is 8.78 Å². The molecular formula is C23H29F2N5O3. The van der Waals surface area contributed by atoms with Gasteiger partial charge in [0.1, 0.15) is 6.04 Å². The van der Waals surface area contributed by atoms with Gasteiger partial charge < -0.3 is 10.2 Å². The van der Waals surface area contributed by atoms with E-state index in [1.165, 1.54) is 0 Å². The average Bonchev–Trinajstić information content (AvgIpc) is 3.10. The number of carbonyl (C=O) groups excluding carboxylic acids is 3. The number of hydrogen-bond donors (Lipinski definition) is 2. The van der Waals surface area contributed by atoms with Gasteiger partial charge in [0.15, 0.2) is 0 Å². The average molecular weight is 462 g/mol. The molecule has 8 nitrogen and oxygen atoms in total. The van der Waals surface area contributed by atoms with Crippen molar-refractivity contribution in [1.29, 1.82) is 0 Å². The van der Waals surface area contributed by atoms with Crippen molar-refractivity contribution < 1.29 is 23.2 Å². The second-order valence-corrected chi connectivity index (χ2v) is 9.45. The number of rotatable bonds is 4. The van der Waals surface area contributed by atoms with Gasteiger partial charge >= 0.3 is 0 Å². The Kier molecular flexibility index (Phi) is 5.92.